The van der Waals surface area contributed by atoms with E-state index in [0.717, 1.165) is 33.5 Å². The maximum Gasteiger partial charge on any atom is 0.160 e. The largest absolute Gasteiger partial charge is 0.228 e. The molecule has 0 saturated heterocycles. The Morgan fingerprint density at radius 1 is 0.322 bits per heavy atom. The molecule has 276 valence electrons. The first kappa shape index (κ1) is 33.7. The van der Waals surface area contributed by atoms with Gasteiger partial charge in [0.15, 0.2) is 5.82 Å². The van der Waals surface area contributed by atoms with Crippen LogP contribution in [0.1, 0.15) is 25.0 Å². The second-order valence-corrected chi connectivity index (χ2v) is 16.5. The minimum Gasteiger partial charge on any atom is -0.228 e. The summed E-state index contributed by atoms with van der Waals surface area (Å²) < 4.78 is 0. The number of rotatable bonds is 4. The van der Waals surface area contributed by atoms with Gasteiger partial charge < -0.3 is 0 Å². The third kappa shape index (κ3) is 5.13. The molecule has 0 atom stereocenters. The van der Waals surface area contributed by atoms with Crippen LogP contribution in [0.25, 0.3) is 110 Å². The highest BCUT2D eigenvalue weighted by atomic mass is 14.9. The topological polar surface area (TPSA) is 25.8 Å². The van der Waals surface area contributed by atoms with E-state index in [-0.39, 0.29) is 5.41 Å². The van der Waals surface area contributed by atoms with E-state index in [1.54, 1.807) is 0 Å². The summed E-state index contributed by atoms with van der Waals surface area (Å²) in [6, 6.07) is 70.7. The molecule has 10 aromatic carbocycles. The van der Waals surface area contributed by atoms with Gasteiger partial charge in [-0.2, -0.15) is 0 Å². The van der Waals surface area contributed by atoms with E-state index < -0.39 is 0 Å². The summed E-state index contributed by atoms with van der Waals surface area (Å²) in [6.07, 6.45) is 0. The van der Waals surface area contributed by atoms with E-state index in [4.69, 9.17) is 9.97 Å². The maximum atomic E-state index is 5.41. The van der Waals surface area contributed by atoms with Crippen LogP contribution in [-0.2, 0) is 5.41 Å². The summed E-state index contributed by atoms with van der Waals surface area (Å²) in [4.78, 5) is 10.8. The zero-order valence-electron chi connectivity index (χ0n) is 32.9. The van der Waals surface area contributed by atoms with Crippen molar-refractivity contribution in [2.24, 2.45) is 0 Å². The highest BCUT2D eigenvalue weighted by Gasteiger charge is 2.37. The van der Waals surface area contributed by atoms with Crippen molar-refractivity contribution in [1.82, 2.24) is 9.97 Å². The van der Waals surface area contributed by atoms with Crippen LogP contribution >= 0.6 is 0 Å². The molecule has 1 aromatic heterocycles. The lowest BCUT2D eigenvalue weighted by Crippen LogP contribution is -2.14. The Bertz CT molecular complexity index is 3520. The van der Waals surface area contributed by atoms with Gasteiger partial charge in [0.05, 0.1) is 11.4 Å². The molecule has 2 nitrogen and oxygen atoms in total. The quantitative estimate of drug-likeness (QED) is 0.132. The highest BCUT2D eigenvalue weighted by molar-refractivity contribution is 6.20. The maximum absolute atomic E-state index is 5.41. The van der Waals surface area contributed by atoms with Crippen LogP contribution in [0.3, 0.4) is 0 Å². The zero-order valence-corrected chi connectivity index (χ0v) is 32.9. The summed E-state index contributed by atoms with van der Waals surface area (Å²) in [5, 5.41) is 12.2. The van der Waals surface area contributed by atoms with Crippen molar-refractivity contribution in [1.29, 1.82) is 0 Å². The minimum atomic E-state index is -0.121. The fraction of sp³-hybridized carbons (Fsp3) is 0.0526. The molecule has 11 aromatic rings. The van der Waals surface area contributed by atoms with Gasteiger partial charge in [-0.15, -0.1) is 0 Å². The molecule has 59 heavy (non-hydrogen) atoms. The molecular formula is C57H38N2. The number of hydrogen-bond acceptors (Lipinski definition) is 2. The first-order valence-corrected chi connectivity index (χ1v) is 20.5. The number of fused-ring (bicyclic) bond motifs is 9. The Kier molecular flexibility index (Phi) is 7.31. The third-order valence-electron chi connectivity index (χ3n) is 12.8. The first-order chi connectivity index (χ1) is 29.0. The average Bonchev–Trinajstić information content (AvgIpc) is 3.52. The van der Waals surface area contributed by atoms with Gasteiger partial charge >= 0.3 is 0 Å². The second kappa shape index (κ2) is 12.8. The van der Waals surface area contributed by atoms with Crippen LogP contribution in [0.5, 0.6) is 0 Å². The first-order valence-electron chi connectivity index (χ1n) is 20.5. The Labute approximate surface area is 343 Å². The molecule has 0 amide bonds. The lowest BCUT2D eigenvalue weighted by atomic mass is 9.81. The zero-order chi connectivity index (χ0) is 39.2. The predicted octanol–water partition coefficient (Wildman–Crippen LogP) is 15.2. The molecule has 0 bridgehead atoms. The van der Waals surface area contributed by atoms with E-state index in [0.29, 0.717) is 5.82 Å². The van der Waals surface area contributed by atoms with Crippen LogP contribution in [0.15, 0.2) is 194 Å². The number of nitrogens with zero attached hydrogens (tertiary/aromatic N) is 2. The van der Waals surface area contributed by atoms with Crippen molar-refractivity contribution in [2.75, 3.05) is 0 Å². The summed E-state index contributed by atoms with van der Waals surface area (Å²) in [7, 11) is 0. The van der Waals surface area contributed by atoms with E-state index in [2.05, 4.69) is 202 Å². The molecule has 0 N–H and O–H groups in total. The lowest BCUT2D eigenvalue weighted by molar-refractivity contribution is 0.661. The van der Waals surface area contributed by atoms with E-state index in [9.17, 15) is 0 Å². The highest BCUT2D eigenvalue weighted by Crippen LogP contribution is 2.54. The van der Waals surface area contributed by atoms with E-state index in [1.165, 1.54) is 81.9 Å². The number of benzene rings is 10. The standard InChI is InChI=1S/C57H38N2/c1-57(2)50-26-14-25-46(54(50)49-31-37-18-6-7-19-38(37)33-51(49)57)44-29-30-45(43-24-13-12-23-42(43)44)52-34-53(59-56(58-52)36-16-4-3-5-17-36)55-41-22-11-9-20-39(41)32-48-40-21-10-8-15-35(40)27-28-47(48)55/h3-34H,1-2H3. The predicted molar refractivity (Wildman–Crippen MR) is 249 cm³/mol. The SMILES string of the molecule is CC1(C)c2cc3ccccc3cc2-c2c(-c3ccc(-c4cc(-c5c6ccccc6cc6c5ccc5ccccc56)nc(-c5ccccc5)n4)c4ccccc34)cccc21. The molecule has 0 aliphatic heterocycles. The van der Waals surface area contributed by atoms with E-state index >= 15 is 0 Å². The summed E-state index contributed by atoms with van der Waals surface area (Å²) >= 11 is 0. The third-order valence-corrected chi connectivity index (χ3v) is 12.8. The molecule has 1 aliphatic carbocycles. The minimum absolute atomic E-state index is 0.121. The molecule has 2 heteroatoms. The normalized spacial score (nSPS) is 13.1. The second-order valence-electron chi connectivity index (χ2n) is 16.5. The molecular weight excluding hydrogens is 713 g/mol. The molecule has 0 saturated carbocycles. The molecule has 1 heterocycles. The number of hydrogen-bond donors (Lipinski definition) is 0. The van der Waals surface area contributed by atoms with Crippen LogP contribution in [0, 0.1) is 0 Å². The smallest absolute Gasteiger partial charge is 0.160 e. The summed E-state index contributed by atoms with van der Waals surface area (Å²) in [6.45, 7) is 4.74. The lowest BCUT2D eigenvalue weighted by Gasteiger charge is -2.22. The van der Waals surface area contributed by atoms with Gasteiger partial charge in [0.2, 0.25) is 0 Å². The Morgan fingerprint density at radius 2 is 0.949 bits per heavy atom. The molecule has 1 aliphatic rings. The molecule has 0 fully saturated rings. The van der Waals surface area contributed by atoms with Crippen LogP contribution in [-0.4, -0.2) is 9.97 Å². The van der Waals surface area contributed by atoms with Crippen molar-refractivity contribution < 1.29 is 0 Å². The van der Waals surface area contributed by atoms with Gasteiger partial charge in [0.1, 0.15) is 0 Å². The fourth-order valence-corrected chi connectivity index (χ4v) is 9.98. The van der Waals surface area contributed by atoms with Gasteiger partial charge in [-0.25, -0.2) is 9.97 Å². The van der Waals surface area contributed by atoms with Crippen molar-refractivity contribution in [3.63, 3.8) is 0 Å². The Balaban J connectivity index is 1.11. The van der Waals surface area contributed by atoms with Gasteiger partial charge in [0.25, 0.3) is 0 Å². The van der Waals surface area contributed by atoms with Crippen molar-refractivity contribution >= 4 is 53.9 Å². The van der Waals surface area contributed by atoms with Crippen molar-refractivity contribution in [3.8, 4) is 56.2 Å². The molecule has 0 spiro atoms. The van der Waals surface area contributed by atoms with Crippen LogP contribution in [0.2, 0.25) is 0 Å². The monoisotopic (exact) mass is 750 g/mol. The van der Waals surface area contributed by atoms with Crippen LogP contribution < -0.4 is 0 Å². The van der Waals surface area contributed by atoms with Gasteiger partial charge in [-0.1, -0.05) is 184 Å². The van der Waals surface area contributed by atoms with Gasteiger partial charge in [-0.3, -0.25) is 0 Å². The van der Waals surface area contributed by atoms with Crippen molar-refractivity contribution in [2.45, 2.75) is 19.3 Å². The Morgan fingerprint density at radius 3 is 1.75 bits per heavy atom. The summed E-state index contributed by atoms with van der Waals surface area (Å²) in [5.41, 5.74) is 12.8. The molecule has 0 radical (unpaired) electrons. The fourth-order valence-electron chi connectivity index (χ4n) is 9.98. The van der Waals surface area contributed by atoms with E-state index in [1.807, 2.05) is 6.07 Å². The Hall–Kier alpha value is -7.42. The van der Waals surface area contributed by atoms with Gasteiger partial charge in [0, 0.05) is 22.1 Å². The summed E-state index contributed by atoms with van der Waals surface area (Å²) in [5.74, 6) is 0.708. The van der Waals surface area contributed by atoms with Crippen molar-refractivity contribution in [3.05, 3.63) is 205 Å². The van der Waals surface area contributed by atoms with Crippen LogP contribution in [0.4, 0.5) is 0 Å². The average molecular weight is 751 g/mol. The molecule has 12 rings (SSSR count). The van der Waals surface area contributed by atoms with Gasteiger partial charge in [-0.05, 0) is 112 Å². The number of aromatic nitrogens is 2. The molecule has 0 unspecified atom stereocenters.